The van der Waals surface area contributed by atoms with E-state index in [9.17, 15) is 9.90 Å². The summed E-state index contributed by atoms with van der Waals surface area (Å²) >= 11 is 0. The molecule has 0 aliphatic heterocycles. The number of fused-ring (bicyclic) bond motifs is 1. The lowest BCUT2D eigenvalue weighted by atomic mass is 10.0. The van der Waals surface area contributed by atoms with Gasteiger partial charge in [0.15, 0.2) is 0 Å². The van der Waals surface area contributed by atoms with Gasteiger partial charge in [0.1, 0.15) is 0 Å². The topological polar surface area (TPSA) is 61.4 Å². The smallest absolute Gasteiger partial charge is 0.314 e. The zero-order chi connectivity index (χ0) is 16.1. The summed E-state index contributed by atoms with van der Waals surface area (Å²) in [7, 11) is 0. The van der Waals surface area contributed by atoms with Gasteiger partial charge in [-0.05, 0) is 35.6 Å². The predicted octanol–water partition coefficient (Wildman–Crippen LogP) is 2.84. The summed E-state index contributed by atoms with van der Waals surface area (Å²) in [5.41, 5.74) is 1.25. The van der Waals surface area contributed by atoms with Crippen LogP contribution in [0.3, 0.4) is 0 Å². The molecule has 0 radical (unpaired) electrons. The average molecular weight is 312 g/mol. The molecule has 0 bridgehead atoms. The van der Waals surface area contributed by atoms with E-state index in [1.165, 1.54) is 16.3 Å². The van der Waals surface area contributed by atoms with E-state index in [1.54, 1.807) is 0 Å². The number of carbonyl (C=O) groups excluding carboxylic acids is 1. The Bertz CT molecular complexity index is 666. The highest BCUT2D eigenvalue weighted by atomic mass is 16.3. The molecule has 122 valence electrons. The summed E-state index contributed by atoms with van der Waals surface area (Å²) < 4.78 is 0. The summed E-state index contributed by atoms with van der Waals surface area (Å²) in [5.74, 6) is 0.207. The Balaban J connectivity index is 1.46. The number of aliphatic hydroxyl groups excluding tert-OH is 1. The van der Waals surface area contributed by atoms with Crippen molar-refractivity contribution in [2.24, 2.45) is 5.92 Å². The highest BCUT2D eigenvalue weighted by Gasteiger charge is 2.25. The Morgan fingerprint density at radius 1 is 1.09 bits per heavy atom. The van der Waals surface area contributed by atoms with Crippen LogP contribution in [0.25, 0.3) is 10.8 Å². The van der Waals surface area contributed by atoms with Crippen LogP contribution in [-0.2, 0) is 6.42 Å². The van der Waals surface area contributed by atoms with Crippen LogP contribution in [0.1, 0.15) is 24.8 Å². The maximum absolute atomic E-state index is 11.9. The van der Waals surface area contributed by atoms with Crippen LogP contribution in [0.5, 0.6) is 0 Å². The summed E-state index contributed by atoms with van der Waals surface area (Å²) in [4.78, 5) is 11.9. The second kappa shape index (κ2) is 7.47. The summed E-state index contributed by atoms with van der Waals surface area (Å²) in [6.45, 7) is 1.16. The molecule has 2 amide bonds. The lowest BCUT2D eigenvalue weighted by Crippen LogP contribution is -2.40. The minimum atomic E-state index is -0.258. The van der Waals surface area contributed by atoms with Crippen molar-refractivity contribution in [1.29, 1.82) is 0 Å². The van der Waals surface area contributed by atoms with Crippen LogP contribution in [0.15, 0.2) is 42.5 Å². The van der Waals surface area contributed by atoms with Crippen molar-refractivity contribution in [2.45, 2.75) is 31.8 Å². The van der Waals surface area contributed by atoms with Gasteiger partial charge in [-0.2, -0.15) is 0 Å². The third-order valence-electron chi connectivity index (χ3n) is 4.70. The number of nitrogens with one attached hydrogen (secondary N) is 2. The average Bonchev–Trinajstić information content (AvgIpc) is 2.98. The molecule has 3 N–H and O–H groups in total. The van der Waals surface area contributed by atoms with Crippen molar-refractivity contribution in [1.82, 2.24) is 10.6 Å². The molecule has 0 saturated heterocycles. The van der Waals surface area contributed by atoms with Gasteiger partial charge in [0.05, 0.1) is 6.10 Å². The second-order valence-electron chi connectivity index (χ2n) is 6.28. The Morgan fingerprint density at radius 3 is 2.74 bits per heavy atom. The van der Waals surface area contributed by atoms with Crippen LogP contribution in [0, 0.1) is 5.92 Å². The first-order valence-corrected chi connectivity index (χ1v) is 8.40. The van der Waals surface area contributed by atoms with E-state index in [-0.39, 0.29) is 18.1 Å². The first kappa shape index (κ1) is 15.8. The number of urea groups is 1. The van der Waals surface area contributed by atoms with Gasteiger partial charge in [-0.1, -0.05) is 48.9 Å². The van der Waals surface area contributed by atoms with Gasteiger partial charge in [-0.25, -0.2) is 4.79 Å². The fourth-order valence-electron chi connectivity index (χ4n) is 3.36. The van der Waals surface area contributed by atoms with Crippen LogP contribution in [0.4, 0.5) is 4.79 Å². The van der Waals surface area contributed by atoms with Gasteiger partial charge in [0, 0.05) is 19.0 Å². The first-order chi connectivity index (χ1) is 11.2. The van der Waals surface area contributed by atoms with E-state index in [4.69, 9.17) is 0 Å². The standard InChI is InChI=1S/C19H24N2O2/c22-18-10-4-8-16(18)13-21-19(23)20-12-11-15-7-3-6-14-5-1-2-9-17(14)15/h1-3,5-7,9,16,18,22H,4,8,10-13H2,(H2,20,21,23). The van der Waals surface area contributed by atoms with Gasteiger partial charge in [0.2, 0.25) is 0 Å². The first-order valence-electron chi connectivity index (χ1n) is 8.40. The minimum Gasteiger partial charge on any atom is -0.393 e. The van der Waals surface area contributed by atoms with E-state index in [0.29, 0.717) is 13.1 Å². The largest absolute Gasteiger partial charge is 0.393 e. The lowest BCUT2D eigenvalue weighted by molar-refractivity contribution is 0.132. The number of hydrogen-bond acceptors (Lipinski definition) is 2. The molecule has 2 unspecified atom stereocenters. The Morgan fingerprint density at radius 2 is 1.91 bits per heavy atom. The fraction of sp³-hybridized carbons (Fsp3) is 0.421. The number of hydrogen-bond donors (Lipinski definition) is 3. The minimum absolute atomic E-state index is 0.149. The van der Waals surface area contributed by atoms with Gasteiger partial charge in [0.25, 0.3) is 0 Å². The third-order valence-corrected chi connectivity index (χ3v) is 4.70. The van der Waals surface area contributed by atoms with Gasteiger partial charge < -0.3 is 15.7 Å². The zero-order valence-electron chi connectivity index (χ0n) is 13.3. The quantitative estimate of drug-likeness (QED) is 0.795. The number of benzene rings is 2. The van der Waals surface area contributed by atoms with Crippen LogP contribution in [0.2, 0.25) is 0 Å². The summed E-state index contributed by atoms with van der Waals surface area (Å²) in [6, 6.07) is 14.4. The maximum Gasteiger partial charge on any atom is 0.314 e. The maximum atomic E-state index is 11.9. The molecule has 0 aromatic heterocycles. The van der Waals surface area contributed by atoms with E-state index in [2.05, 4.69) is 41.0 Å². The molecule has 3 rings (SSSR count). The normalized spacial score (nSPS) is 20.6. The monoisotopic (exact) mass is 312 g/mol. The summed E-state index contributed by atoms with van der Waals surface area (Å²) in [5, 5.41) is 18.0. The molecule has 1 saturated carbocycles. The molecule has 2 aromatic rings. The fourth-order valence-corrected chi connectivity index (χ4v) is 3.36. The zero-order valence-corrected chi connectivity index (χ0v) is 13.3. The third kappa shape index (κ3) is 4.02. The molecular formula is C19H24N2O2. The van der Waals surface area contributed by atoms with Crippen molar-refractivity contribution in [3.05, 3.63) is 48.0 Å². The molecule has 1 aliphatic rings. The van der Waals surface area contributed by atoms with Crippen molar-refractivity contribution >= 4 is 16.8 Å². The molecule has 2 atom stereocenters. The van der Waals surface area contributed by atoms with Gasteiger partial charge >= 0.3 is 6.03 Å². The van der Waals surface area contributed by atoms with Crippen LogP contribution in [-0.4, -0.2) is 30.3 Å². The second-order valence-corrected chi connectivity index (χ2v) is 6.28. The highest BCUT2D eigenvalue weighted by molar-refractivity contribution is 5.85. The van der Waals surface area contributed by atoms with Crippen molar-refractivity contribution in [2.75, 3.05) is 13.1 Å². The van der Waals surface area contributed by atoms with E-state index < -0.39 is 0 Å². The van der Waals surface area contributed by atoms with E-state index >= 15 is 0 Å². The lowest BCUT2D eigenvalue weighted by Gasteiger charge is -2.15. The van der Waals surface area contributed by atoms with Crippen molar-refractivity contribution < 1.29 is 9.90 Å². The van der Waals surface area contributed by atoms with E-state index in [1.807, 2.05) is 12.1 Å². The van der Waals surface area contributed by atoms with Gasteiger partial charge in [-0.3, -0.25) is 0 Å². The Labute approximate surface area is 136 Å². The molecule has 1 fully saturated rings. The molecule has 0 spiro atoms. The SMILES string of the molecule is O=C(NCCc1cccc2ccccc12)NCC1CCCC1O. The Hall–Kier alpha value is -2.07. The molecule has 2 aromatic carbocycles. The van der Waals surface area contributed by atoms with Crippen molar-refractivity contribution in [3.8, 4) is 0 Å². The van der Waals surface area contributed by atoms with Crippen LogP contribution < -0.4 is 10.6 Å². The van der Waals surface area contributed by atoms with Crippen molar-refractivity contribution in [3.63, 3.8) is 0 Å². The molecule has 1 aliphatic carbocycles. The number of carbonyl (C=O) groups is 1. The summed E-state index contributed by atoms with van der Waals surface area (Å²) in [6.07, 6.45) is 3.45. The molecule has 23 heavy (non-hydrogen) atoms. The highest BCUT2D eigenvalue weighted by Crippen LogP contribution is 2.24. The molecule has 0 heterocycles. The molecule has 4 heteroatoms. The van der Waals surface area contributed by atoms with Gasteiger partial charge in [-0.15, -0.1) is 0 Å². The Kier molecular flexibility index (Phi) is 5.13. The van der Waals surface area contributed by atoms with E-state index in [0.717, 1.165) is 25.7 Å². The number of rotatable bonds is 5. The van der Waals surface area contributed by atoms with Crippen LogP contribution >= 0.6 is 0 Å². The predicted molar refractivity (Wildman–Crippen MR) is 92.4 cm³/mol. The molecular weight excluding hydrogens is 288 g/mol. The molecule has 4 nitrogen and oxygen atoms in total. The number of amides is 2. The number of aliphatic hydroxyl groups is 1.